The van der Waals surface area contributed by atoms with Crippen molar-refractivity contribution >= 4 is 21.1 Å². The van der Waals surface area contributed by atoms with Crippen molar-refractivity contribution in [2.75, 3.05) is 0 Å². The summed E-state index contributed by atoms with van der Waals surface area (Å²) in [5.41, 5.74) is 3.17. The number of fused-ring (bicyclic) bond motifs is 1. The van der Waals surface area contributed by atoms with Gasteiger partial charge in [0.1, 0.15) is 22.7 Å². The number of hydrogen-bond donors (Lipinski definition) is 1. The van der Waals surface area contributed by atoms with Crippen molar-refractivity contribution in [1.29, 1.82) is 5.26 Å². The number of pyridine rings is 2. The highest BCUT2D eigenvalue weighted by Crippen LogP contribution is 2.44. The Morgan fingerprint density at radius 2 is 1.86 bits per heavy atom. The number of sulfonamides is 1. The molecule has 1 atom stereocenters. The van der Waals surface area contributed by atoms with Gasteiger partial charge in [-0.2, -0.15) is 23.2 Å². The molecule has 0 bridgehead atoms. The van der Waals surface area contributed by atoms with Gasteiger partial charge >= 0.3 is 6.18 Å². The Morgan fingerprint density at radius 3 is 2.43 bits per heavy atom. The van der Waals surface area contributed by atoms with Gasteiger partial charge in [0.15, 0.2) is 0 Å². The van der Waals surface area contributed by atoms with E-state index in [-0.39, 0.29) is 10.9 Å². The van der Waals surface area contributed by atoms with Crippen molar-refractivity contribution < 1.29 is 21.6 Å². The molecule has 5 rings (SSSR count). The molecular formula is C24H24F3N5O2S. The van der Waals surface area contributed by atoms with E-state index in [2.05, 4.69) is 11.1 Å². The molecule has 3 aromatic rings. The lowest BCUT2D eigenvalue weighted by Crippen LogP contribution is -2.42. The summed E-state index contributed by atoms with van der Waals surface area (Å²) in [7, 11) is -4.43. The highest BCUT2D eigenvalue weighted by atomic mass is 32.2. The zero-order valence-corrected chi connectivity index (χ0v) is 19.8. The van der Waals surface area contributed by atoms with Gasteiger partial charge in [-0.25, -0.2) is 13.4 Å². The van der Waals surface area contributed by atoms with Crippen LogP contribution in [0.3, 0.4) is 0 Å². The first-order valence-electron chi connectivity index (χ1n) is 11.6. The summed E-state index contributed by atoms with van der Waals surface area (Å²) in [4.78, 5) is 8.64. The standard InChI is InChI=1S/C24H24F3N5O2S/c1-14(24(25,26)27)31-35(33,34)18-8-9-21(29-13-18)22-20(11-28)19-10-16(15-6-7-15)12-30-23(19)32(22)17-4-2-3-5-17/h8-10,12-15,17,31H,2-7H2,1H3/t14-/m1/s1. The van der Waals surface area contributed by atoms with Gasteiger partial charge in [0.25, 0.3) is 0 Å². The minimum Gasteiger partial charge on any atom is -0.320 e. The molecular weight excluding hydrogens is 479 g/mol. The summed E-state index contributed by atoms with van der Waals surface area (Å²) in [6.45, 7) is 0.738. The van der Waals surface area contributed by atoms with Crippen molar-refractivity contribution in [3.05, 3.63) is 41.7 Å². The Bertz CT molecular complexity index is 1410. The molecule has 35 heavy (non-hydrogen) atoms. The van der Waals surface area contributed by atoms with Crippen LogP contribution in [-0.2, 0) is 10.0 Å². The fraction of sp³-hybridized carbons (Fsp3) is 0.458. The van der Waals surface area contributed by atoms with Crippen LogP contribution in [0.1, 0.15) is 68.5 Å². The number of nitriles is 1. The summed E-state index contributed by atoms with van der Waals surface area (Å²) in [5.74, 6) is 0.464. The Morgan fingerprint density at radius 1 is 1.14 bits per heavy atom. The summed E-state index contributed by atoms with van der Waals surface area (Å²) < 4.78 is 67.2. The molecule has 0 amide bonds. The second-order valence-electron chi connectivity index (χ2n) is 9.32. The smallest absolute Gasteiger partial charge is 0.320 e. The monoisotopic (exact) mass is 503 g/mol. The molecule has 2 aliphatic carbocycles. The predicted molar refractivity (Wildman–Crippen MR) is 123 cm³/mol. The van der Waals surface area contributed by atoms with E-state index in [1.54, 1.807) is 4.72 Å². The van der Waals surface area contributed by atoms with Crippen LogP contribution in [0.15, 0.2) is 35.5 Å². The third-order valence-electron chi connectivity index (χ3n) is 6.83. The average molecular weight is 504 g/mol. The number of rotatable bonds is 6. The first kappa shape index (κ1) is 23.8. The van der Waals surface area contributed by atoms with Crippen LogP contribution < -0.4 is 4.72 Å². The topological polar surface area (TPSA) is 101 Å². The number of halogens is 3. The van der Waals surface area contributed by atoms with E-state index in [0.29, 0.717) is 28.5 Å². The maximum absolute atomic E-state index is 12.9. The van der Waals surface area contributed by atoms with Crippen molar-refractivity contribution in [2.24, 2.45) is 0 Å². The van der Waals surface area contributed by atoms with Gasteiger partial charge < -0.3 is 4.57 Å². The van der Waals surface area contributed by atoms with Crippen molar-refractivity contribution in [3.63, 3.8) is 0 Å². The molecule has 2 fully saturated rings. The molecule has 0 spiro atoms. The second kappa shape index (κ2) is 8.60. The highest BCUT2D eigenvalue weighted by molar-refractivity contribution is 7.89. The predicted octanol–water partition coefficient (Wildman–Crippen LogP) is 5.19. The Hall–Kier alpha value is -2.97. The largest absolute Gasteiger partial charge is 0.404 e. The minimum atomic E-state index is -4.71. The van der Waals surface area contributed by atoms with Crippen LogP contribution in [0.25, 0.3) is 22.4 Å². The van der Waals surface area contributed by atoms with E-state index < -0.39 is 22.2 Å². The van der Waals surface area contributed by atoms with Crippen molar-refractivity contribution in [1.82, 2.24) is 19.3 Å². The number of nitrogens with one attached hydrogen (secondary N) is 1. The summed E-state index contributed by atoms with van der Waals surface area (Å²) in [5, 5.41) is 10.9. The van der Waals surface area contributed by atoms with Crippen LogP contribution in [0.4, 0.5) is 13.2 Å². The first-order valence-corrected chi connectivity index (χ1v) is 13.1. The van der Waals surface area contributed by atoms with Gasteiger partial charge in [0, 0.05) is 23.8 Å². The van der Waals surface area contributed by atoms with Gasteiger partial charge in [-0.05, 0) is 62.3 Å². The molecule has 7 nitrogen and oxygen atoms in total. The Balaban J connectivity index is 1.60. The maximum atomic E-state index is 12.9. The van der Waals surface area contributed by atoms with E-state index >= 15 is 0 Å². The molecule has 2 saturated carbocycles. The zero-order chi connectivity index (χ0) is 25.0. The fourth-order valence-electron chi connectivity index (χ4n) is 4.77. The summed E-state index contributed by atoms with van der Waals surface area (Å²) in [6, 6.07) is 4.87. The lowest BCUT2D eigenvalue weighted by molar-refractivity contribution is -0.147. The van der Waals surface area contributed by atoms with Gasteiger partial charge in [0.05, 0.1) is 17.0 Å². The highest BCUT2D eigenvalue weighted by Gasteiger charge is 2.39. The summed E-state index contributed by atoms with van der Waals surface area (Å²) in [6.07, 6.45) is 4.36. The molecule has 3 heterocycles. The SMILES string of the molecule is C[C@@H](NS(=O)(=O)c1ccc(-c2c(C#N)c3cc(C4CC4)cnc3n2C2CCCC2)nc1)C(F)(F)F. The summed E-state index contributed by atoms with van der Waals surface area (Å²) >= 11 is 0. The first-order chi connectivity index (χ1) is 16.6. The van der Waals surface area contributed by atoms with Crippen LogP contribution in [0.2, 0.25) is 0 Å². The van der Waals surface area contributed by atoms with Crippen LogP contribution in [-0.4, -0.2) is 35.2 Å². The third-order valence-corrected chi connectivity index (χ3v) is 8.35. The third kappa shape index (κ3) is 4.41. The molecule has 1 N–H and O–H groups in total. The molecule has 2 aliphatic rings. The molecule has 0 radical (unpaired) electrons. The number of nitrogens with zero attached hydrogens (tertiary/aromatic N) is 4. The minimum absolute atomic E-state index is 0.133. The van der Waals surface area contributed by atoms with E-state index in [1.165, 1.54) is 12.1 Å². The van der Waals surface area contributed by atoms with E-state index in [1.807, 2.05) is 16.8 Å². The van der Waals surface area contributed by atoms with E-state index in [9.17, 15) is 26.9 Å². The van der Waals surface area contributed by atoms with Crippen molar-refractivity contribution in [3.8, 4) is 17.5 Å². The van der Waals surface area contributed by atoms with Crippen LogP contribution in [0, 0.1) is 11.3 Å². The second-order valence-corrected chi connectivity index (χ2v) is 11.0. The quantitative estimate of drug-likeness (QED) is 0.499. The lowest BCUT2D eigenvalue weighted by Gasteiger charge is -2.18. The van der Waals surface area contributed by atoms with Crippen LogP contribution >= 0.6 is 0 Å². The molecule has 0 aromatic carbocycles. The average Bonchev–Trinajstić information content (AvgIpc) is 3.42. The molecule has 0 unspecified atom stereocenters. The van der Waals surface area contributed by atoms with Crippen LogP contribution in [0.5, 0.6) is 0 Å². The zero-order valence-electron chi connectivity index (χ0n) is 19.0. The van der Waals surface area contributed by atoms with Gasteiger partial charge in [-0.1, -0.05) is 12.8 Å². The van der Waals surface area contributed by atoms with Crippen molar-refractivity contribution in [2.45, 2.75) is 74.5 Å². The normalized spacial score (nSPS) is 18.1. The Labute approximate surface area is 201 Å². The molecule has 3 aromatic heterocycles. The Kier molecular flexibility index (Phi) is 5.84. The molecule has 0 saturated heterocycles. The maximum Gasteiger partial charge on any atom is 0.404 e. The lowest BCUT2D eigenvalue weighted by atomic mass is 10.1. The number of aromatic nitrogens is 3. The fourth-order valence-corrected chi connectivity index (χ4v) is 5.95. The molecule has 0 aliphatic heterocycles. The number of alkyl halides is 3. The van der Waals surface area contributed by atoms with E-state index in [0.717, 1.165) is 62.6 Å². The van der Waals surface area contributed by atoms with Gasteiger partial charge in [-0.15, -0.1) is 0 Å². The van der Waals surface area contributed by atoms with Gasteiger partial charge in [-0.3, -0.25) is 4.98 Å². The van der Waals surface area contributed by atoms with E-state index in [4.69, 9.17) is 4.98 Å². The number of hydrogen-bond acceptors (Lipinski definition) is 5. The molecule has 11 heteroatoms. The van der Waals surface area contributed by atoms with Gasteiger partial charge in [0.2, 0.25) is 10.0 Å². The molecule has 184 valence electrons.